The quantitative estimate of drug-likeness (QED) is 0.221. The first-order valence-electron chi connectivity index (χ1n) is 14.6. The number of fused-ring (bicyclic) bond motifs is 1. The van der Waals surface area contributed by atoms with Crippen LogP contribution >= 0.6 is 23.6 Å². The first kappa shape index (κ1) is 27.6. The molecule has 0 amide bonds. The van der Waals surface area contributed by atoms with Crippen molar-refractivity contribution in [3.05, 3.63) is 59.6 Å². The fraction of sp³-hybridized carbons (Fsp3) is 0.433. The smallest absolute Gasteiger partial charge is 0.233 e. The van der Waals surface area contributed by atoms with Crippen LogP contribution < -0.4 is 20.9 Å². The average molecular weight is 588 g/mol. The number of benzene rings is 2. The van der Waals surface area contributed by atoms with Crippen LogP contribution in [0.15, 0.2) is 54.0 Å². The highest BCUT2D eigenvalue weighted by Crippen LogP contribution is 2.25. The molecule has 3 N–H and O–H groups in total. The van der Waals surface area contributed by atoms with Crippen LogP contribution in [0.1, 0.15) is 50.5 Å². The minimum Gasteiger partial charge on any atom is -0.360 e. The van der Waals surface area contributed by atoms with E-state index in [4.69, 9.17) is 27.2 Å². The molecule has 1 unspecified atom stereocenters. The van der Waals surface area contributed by atoms with Gasteiger partial charge in [-0.05, 0) is 54.7 Å². The van der Waals surface area contributed by atoms with E-state index in [9.17, 15) is 0 Å². The Kier molecular flexibility index (Phi) is 8.71. The Hall–Kier alpha value is -3.57. The van der Waals surface area contributed by atoms with Gasteiger partial charge in [-0.25, -0.2) is 4.98 Å². The second kappa shape index (κ2) is 12.9. The number of nitrogens with one attached hydrogen (secondary N) is 3. The maximum absolute atomic E-state index is 5.78. The number of aromatic nitrogens is 4. The maximum Gasteiger partial charge on any atom is 0.233 e. The van der Waals surface area contributed by atoms with Crippen molar-refractivity contribution in [1.29, 1.82) is 0 Å². The van der Waals surface area contributed by atoms with Crippen molar-refractivity contribution in [1.82, 2.24) is 30.2 Å². The normalized spacial score (nSPS) is 16.9. The molecule has 2 aliphatic rings. The summed E-state index contributed by atoms with van der Waals surface area (Å²) < 4.78 is 1.12. The number of rotatable bonds is 8. The molecule has 4 aromatic rings. The van der Waals surface area contributed by atoms with Gasteiger partial charge >= 0.3 is 0 Å². The Morgan fingerprint density at radius 1 is 0.976 bits per heavy atom. The Morgan fingerprint density at radius 2 is 1.76 bits per heavy atom. The van der Waals surface area contributed by atoms with Gasteiger partial charge < -0.3 is 25.8 Å². The SMILES string of the molecule is CC(CNc1nc(Nc2ccc3ncsc3c2)nc(N2CCN(C(=S)NC3CCCCC3)CC2)n1)c1ccccc1. The lowest BCUT2D eigenvalue weighted by atomic mass is 9.96. The van der Waals surface area contributed by atoms with Crippen molar-refractivity contribution in [3.63, 3.8) is 0 Å². The lowest BCUT2D eigenvalue weighted by molar-refractivity contribution is 0.353. The molecule has 11 heteroatoms. The van der Waals surface area contributed by atoms with Crippen LogP contribution in [0.25, 0.3) is 10.2 Å². The van der Waals surface area contributed by atoms with Crippen molar-refractivity contribution in [2.75, 3.05) is 48.3 Å². The Balaban J connectivity index is 1.16. The van der Waals surface area contributed by atoms with E-state index in [1.807, 2.05) is 23.7 Å². The largest absolute Gasteiger partial charge is 0.360 e. The van der Waals surface area contributed by atoms with Gasteiger partial charge in [0.25, 0.3) is 0 Å². The van der Waals surface area contributed by atoms with E-state index in [1.54, 1.807) is 11.3 Å². The molecule has 1 aliphatic heterocycles. The lowest BCUT2D eigenvalue weighted by Gasteiger charge is -2.37. The molecule has 0 spiro atoms. The molecule has 6 rings (SSSR count). The molecule has 1 atom stereocenters. The average Bonchev–Trinajstić information content (AvgIpc) is 3.49. The first-order valence-corrected chi connectivity index (χ1v) is 15.8. The van der Waals surface area contributed by atoms with Crippen LogP contribution in [0.2, 0.25) is 0 Å². The molecular formula is C30H37N9S2. The Labute approximate surface area is 250 Å². The third-order valence-corrected chi connectivity index (χ3v) is 9.10. The van der Waals surface area contributed by atoms with Crippen LogP contribution in [0.4, 0.5) is 23.5 Å². The van der Waals surface area contributed by atoms with E-state index in [2.05, 4.69) is 68.0 Å². The molecule has 1 aliphatic carbocycles. The predicted octanol–water partition coefficient (Wildman–Crippen LogP) is 5.77. The molecule has 1 saturated heterocycles. The van der Waals surface area contributed by atoms with E-state index >= 15 is 0 Å². The summed E-state index contributed by atoms with van der Waals surface area (Å²) in [5.41, 5.74) is 5.05. The van der Waals surface area contributed by atoms with Gasteiger partial charge in [-0.3, -0.25) is 0 Å². The first-order chi connectivity index (χ1) is 20.1. The molecule has 1 saturated carbocycles. The summed E-state index contributed by atoms with van der Waals surface area (Å²) in [7, 11) is 0. The summed E-state index contributed by atoms with van der Waals surface area (Å²) in [5, 5.41) is 11.4. The third-order valence-electron chi connectivity index (χ3n) is 7.93. The predicted molar refractivity (Wildman–Crippen MR) is 172 cm³/mol. The van der Waals surface area contributed by atoms with E-state index in [0.717, 1.165) is 47.2 Å². The second-order valence-corrected chi connectivity index (χ2v) is 12.2. The minimum atomic E-state index is 0.308. The molecule has 0 radical (unpaired) electrons. The molecule has 2 aromatic carbocycles. The maximum atomic E-state index is 5.78. The summed E-state index contributed by atoms with van der Waals surface area (Å²) in [6.07, 6.45) is 6.36. The highest BCUT2D eigenvalue weighted by atomic mass is 32.1. The van der Waals surface area contributed by atoms with E-state index in [1.165, 1.54) is 37.7 Å². The summed E-state index contributed by atoms with van der Waals surface area (Å²) in [4.78, 5) is 23.3. The van der Waals surface area contributed by atoms with Crippen LogP contribution in [0.3, 0.4) is 0 Å². The van der Waals surface area contributed by atoms with Crippen LogP contribution in [0, 0.1) is 0 Å². The molecule has 9 nitrogen and oxygen atoms in total. The number of hydrogen-bond donors (Lipinski definition) is 3. The molecule has 2 aromatic heterocycles. The van der Waals surface area contributed by atoms with E-state index in [-0.39, 0.29) is 0 Å². The fourth-order valence-corrected chi connectivity index (χ4v) is 6.53. The standard InChI is InChI=1S/C30H37N9S2/c1-21(22-8-4-2-5-9-22)19-31-27-35-28(33-24-12-13-25-26(18-24)41-20-32-25)37-29(36-27)38-14-16-39(17-15-38)30(40)34-23-10-6-3-7-11-23/h2,4-5,8-9,12-13,18,20-21,23H,3,6-7,10-11,14-17,19H2,1H3,(H,34,40)(H2,31,33,35,36,37). The summed E-state index contributed by atoms with van der Waals surface area (Å²) in [5.74, 6) is 2.06. The lowest BCUT2D eigenvalue weighted by Crippen LogP contribution is -2.54. The van der Waals surface area contributed by atoms with Gasteiger partial charge in [-0.1, -0.05) is 56.5 Å². The molecule has 41 heavy (non-hydrogen) atoms. The van der Waals surface area contributed by atoms with Crippen LogP contribution in [-0.4, -0.2) is 68.7 Å². The van der Waals surface area contributed by atoms with E-state index < -0.39 is 0 Å². The van der Waals surface area contributed by atoms with Crippen molar-refractivity contribution in [2.45, 2.75) is 51.0 Å². The third kappa shape index (κ3) is 7.02. The molecule has 214 valence electrons. The number of thiocarbonyl (C=S) groups is 1. The highest BCUT2D eigenvalue weighted by molar-refractivity contribution is 7.80. The summed E-state index contributed by atoms with van der Waals surface area (Å²) in [6, 6.07) is 17.1. The zero-order valence-electron chi connectivity index (χ0n) is 23.4. The van der Waals surface area contributed by atoms with Crippen molar-refractivity contribution >= 4 is 62.4 Å². The molecule has 0 bridgehead atoms. The van der Waals surface area contributed by atoms with Gasteiger partial charge in [-0.15, -0.1) is 11.3 Å². The zero-order chi connectivity index (χ0) is 28.0. The molecular weight excluding hydrogens is 551 g/mol. The minimum absolute atomic E-state index is 0.308. The van der Waals surface area contributed by atoms with Crippen molar-refractivity contribution < 1.29 is 0 Å². The van der Waals surface area contributed by atoms with Gasteiger partial charge in [0.2, 0.25) is 17.8 Å². The van der Waals surface area contributed by atoms with Crippen LogP contribution in [0.5, 0.6) is 0 Å². The van der Waals surface area contributed by atoms with E-state index in [0.29, 0.717) is 36.3 Å². The zero-order valence-corrected chi connectivity index (χ0v) is 25.1. The molecule has 2 fully saturated rings. The van der Waals surface area contributed by atoms with Crippen LogP contribution in [-0.2, 0) is 0 Å². The fourth-order valence-electron chi connectivity index (χ4n) is 5.47. The number of thiazole rings is 1. The summed E-state index contributed by atoms with van der Waals surface area (Å²) in [6.45, 7) is 6.18. The summed E-state index contributed by atoms with van der Waals surface area (Å²) >= 11 is 7.40. The number of nitrogens with zero attached hydrogens (tertiary/aromatic N) is 6. The van der Waals surface area contributed by atoms with Gasteiger partial charge in [-0.2, -0.15) is 15.0 Å². The van der Waals surface area contributed by atoms with Gasteiger partial charge in [0.15, 0.2) is 5.11 Å². The monoisotopic (exact) mass is 587 g/mol. The van der Waals surface area contributed by atoms with Gasteiger partial charge in [0.1, 0.15) is 0 Å². The Bertz CT molecular complexity index is 1450. The molecule has 3 heterocycles. The van der Waals surface area contributed by atoms with Crippen molar-refractivity contribution in [3.8, 4) is 0 Å². The number of hydrogen-bond acceptors (Lipinski definition) is 9. The number of anilines is 4. The van der Waals surface area contributed by atoms with Crippen molar-refractivity contribution in [2.24, 2.45) is 0 Å². The topological polar surface area (TPSA) is 94.1 Å². The van der Waals surface area contributed by atoms with Gasteiger partial charge in [0.05, 0.1) is 15.7 Å². The van der Waals surface area contributed by atoms with Gasteiger partial charge in [0, 0.05) is 44.5 Å². The second-order valence-electron chi connectivity index (χ2n) is 10.9. The Morgan fingerprint density at radius 3 is 2.56 bits per heavy atom. The highest BCUT2D eigenvalue weighted by Gasteiger charge is 2.24. The number of piperazine rings is 1.